The smallest absolute Gasteiger partial charge is 0.337 e. The van der Waals surface area contributed by atoms with Crippen molar-refractivity contribution in [3.05, 3.63) is 71.9 Å². The molecule has 0 saturated carbocycles. The number of fused-ring (bicyclic) bond motifs is 1. The zero-order chi connectivity index (χ0) is 23.8. The average Bonchev–Trinajstić information content (AvgIpc) is 3.20. The Morgan fingerprint density at radius 2 is 1.73 bits per heavy atom. The lowest BCUT2D eigenvalue weighted by molar-refractivity contribution is -0.160. The third kappa shape index (κ3) is 4.45. The van der Waals surface area contributed by atoms with Crippen molar-refractivity contribution in [2.45, 2.75) is 39.4 Å². The summed E-state index contributed by atoms with van der Waals surface area (Å²) in [6.45, 7) is 7.28. The number of hydrogen-bond donors (Lipinski definition) is 1. The highest BCUT2D eigenvalue weighted by Crippen LogP contribution is 2.39. The van der Waals surface area contributed by atoms with Gasteiger partial charge in [-0.15, -0.1) is 0 Å². The van der Waals surface area contributed by atoms with E-state index in [2.05, 4.69) is 0 Å². The van der Waals surface area contributed by atoms with Crippen molar-refractivity contribution in [3.63, 3.8) is 0 Å². The number of aromatic nitrogens is 3. The van der Waals surface area contributed by atoms with Gasteiger partial charge in [0, 0.05) is 28.5 Å². The number of carboxylic acids is 1. The first kappa shape index (κ1) is 22.5. The number of carboxylic acid groups (broad SMARTS) is 1. The molecule has 0 aliphatic heterocycles. The number of hydrogen-bond acceptors (Lipinski definition) is 5. The van der Waals surface area contributed by atoms with Gasteiger partial charge in [-0.05, 0) is 39.8 Å². The molecule has 1 unspecified atom stereocenters. The molecule has 7 heteroatoms. The summed E-state index contributed by atoms with van der Waals surface area (Å²) in [6, 6.07) is 19.1. The number of benzene rings is 2. The minimum absolute atomic E-state index is 0.442. The second kappa shape index (κ2) is 8.67. The topological polar surface area (TPSA) is 86.0 Å². The Morgan fingerprint density at radius 3 is 2.36 bits per heavy atom. The Kier molecular flexibility index (Phi) is 5.91. The number of rotatable bonds is 6. The molecule has 0 fully saturated rings. The predicted octanol–water partition coefficient (Wildman–Crippen LogP) is 5.32. The van der Waals surface area contributed by atoms with E-state index in [1.807, 2.05) is 81.4 Å². The average molecular weight is 446 g/mol. The Hall–Kier alpha value is -3.71. The molecule has 0 aliphatic carbocycles. The zero-order valence-corrected chi connectivity index (χ0v) is 19.4. The molecule has 33 heavy (non-hydrogen) atoms. The molecule has 1 atom stereocenters. The van der Waals surface area contributed by atoms with E-state index in [0.29, 0.717) is 33.9 Å². The van der Waals surface area contributed by atoms with E-state index in [-0.39, 0.29) is 0 Å². The third-order valence-electron chi connectivity index (χ3n) is 5.22. The maximum absolute atomic E-state index is 12.4. The van der Waals surface area contributed by atoms with Crippen LogP contribution in [0.1, 0.15) is 38.1 Å². The summed E-state index contributed by atoms with van der Waals surface area (Å²) in [7, 11) is 1.59. The van der Waals surface area contributed by atoms with Gasteiger partial charge in [0.15, 0.2) is 11.8 Å². The quantitative estimate of drug-likeness (QED) is 0.432. The van der Waals surface area contributed by atoms with Crippen LogP contribution < -0.4 is 4.74 Å². The molecule has 170 valence electrons. The van der Waals surface area contributed by atoms with Gasteiger partial charge in [0.1, 0.15) is 5.75 Å². The van der Waals surface area contributed by atoms with E-state index in [1.54, 1.807) is 18.5 Å². The Balaban J connectivity index is 2.08. The Morgan fingerprint density at radius 1 is 1.06 bits per heavy atom. The number of carbonyl (C=O) groups is 1. The summed E-state index contributed by atoms with van der Waals surface area (Å²) in [5.41, 5.74) is 3.87. The molecule has 0 spiro atoms. The number of para-hydroxylation sites is 1. The summed E-state index contributed by atoms with van der Waals surface area (Å²) in [5.74, 6) is -0.497. The first-order chi connectivity index (χ1) is 15.7. The van der Waals surface area contributed by atoms with Crippen LogP contribution >= 0.6 is 0 Å². The number of nitrogens with zero attached hydrogens (tertiary/aromatic N) is 3. The first-order valence-corrected chi connectivity index (χ1v) is 10.7. The van der Waals surface area contributed by atoms with Crippen LogP contribution in [0.4, 0.5) is 0 Å². The van der Waals surface area contributed by atoms with Crippen molar-refractivity contribution in [1.82, 2.24) is 14.6 Å². The van der Waals surface area contributed by atoms with Crippen LogP contribution in [0.25, 0.3) is 28.2 Å². The van der Waals surface area contributed by atoms with Gasteiger partial charge in [-0.1, -0.05) is 42.5 Å². The van der Waals surface area contributed by atoms with Gasteiger partial charge in [-0.2, -0.15) is 5.10 Å². The molecule has 0 amide bonds. The van der Waals surface area contributed by atoms with Crippen molar-refractivity contribution in [2.24, 2.45) is 0 Å². The molecule has 4 rings (SSSR count). The standard InChI is InChI=1S/C26H27N3O4/c1-16-22(24(25(30)31)33-26(2,3)4)23(18-13-9-10-14-20(18)32-5)29-21(27-16)15-19(28-29)17-11-7-6-8-12-17/h6-15,24H,1-5H3,(H,30,31). The molecule has 0 saturated heterocycles. The highest BCUT2D eigenvalue weighted by Gasteiger charge is 2.33. The fourth-order valence-electron chi connectivity index (χ4n) is 3.88. The van der Waals surface area contributed by atoms with Crippen LogP contribution in [0.15, 0.2) is 60.7 Å². The van der Waals surface area contributed by atoms with Crippen molar-refractivity contribution < 1.29 is 19.4 Å². The van der Waals surface area contributed by atoms with Crippen molar-refractivity contribution in [1.29, 1.82) is 0 Å². The van der Waals surface area contributed by atoms with E-state index in [1.165, 1.54) is 0 Å². The lowest BCUT2D eigenvalue weighted by Crippen LogP contribution is -2.29. The van der Waals surface area contributed by atoms with Gasteiger partial charge >= 0.3 is 5.97 Å². The monoisotopic (exact) mass is 445 g/mol. The van der Waals surface area contributed by atoms with Gasteiger partial charge in [-0.25, -0.2) is 14.3 Å². The number of aliphatic carboxylic acids is 1. The molecule has 2 aromatic heterocycles. The maximum Gasteiger partial charge on any atom is 0.337 e. The van der Waals surface area contributed by atoms with E-state index >= 15 is 0 Å². The van der Waals surface area contributed by atoms with Crippen LogP contribution in [0.2, 0.25) is 0 Å². The predicted molar refractivity (Wildman–Crippen MR) is 126 cm³/mol. The van der Waals surface area contributed by atoms with E-state index in [0.717, 1.165) is 11.3 Å². The summed E-state index contributed by atoms with van der Waals surface area (Å²) in [6.07, 6.45) is -1.24. The molecule has 2 aromatic carbocycles. The largest absolute Gasteiger partial charge is 0.496 e. The van der Waals surface area contributed by atoms with Gasteiger partial charge in [0.2, 0.25) is 0 Å². The fraction of sp³-hybridized carbons (Fsp3) is 0.269. The minimum atomic E-state index is -1.24. The van der Waals surface area contributed by atoms with Crippen LogP contribution in [-0.4, -0.2) is 38.4 Å². The molecule has 0 bridgehead atoms. The molecule has 7 nitrogen and oxygen atoms in total. The van der Waals surface area contributed by atoms with Gasteiger partial charge < -0.3 is 14.6 Å². The second-order valence-electron chi connectivity index (χ2n) is 8.77. The van der Waals surface area contributed by atoms with Crippen LogP contribution in [0.3, 0.4) is 0 Å². The highest BCUT2D eigenvalue weighted by atomic mass is 16.5. The number of aryl methyl sites for hydroxylation is 1. The van der Waals surface area contributed by atoms with Gasteiger partial charge in [-0.3, -0.25) is 0 Å². The van der Waals surface area contributed by atoms with Crippen molar-refractivity contribution in [3.8, 4) is 28.3 Å². The molecule has 4 aromatic rings. The SMILES string of the molecule is COc1ccccc1-c1c(C(OC(C)(C)C)C(=O)O)c(C)nc2cc(-c3ccccc3)nn12. The van der Waals surface area contributed by atoms with E-state index < -0.39 is 17.7 Å². The first-order valence-electron chi connectivity index (χ1n) is 10.7. The highest BCUT2D eigenvalue weighted by molar-refractivity contribution is 5.82. The van der Waals surface area contributed by atoms with Gasteiger partial charge in [0.25, 0.3) is 0 Å². The minimum Gasteiger partial charge on any atom is -0.496 e. The third-order valence-corrected chi connectivity index (χ3v) is 5.22. The lowest BCUT2D eigenvalue weighted by atomic mass is 9.98. The molecular formula is C26H27N3O4. The van der Waals surface area contributed by atoms with Gasteiger partial charge in [0.05, 0.1) is 24.1 Å². The molecular weight excluding hydrogens is 418 g/mol. The zero-order valence-electron chi connectivity index (χ0n) is 19.4. The summed E-state index contributed by atoms with van der Waals surface area (Å²) in [4.78, 5) is 17.1. The molecule has 0 radical (unpaired) electrons. The number of methoxy groups -OCH3 is 1. The van der Waals surface area contributed by atoms with Crippen molar-refractivity contribution >= 4 is 11.6 Å². The maximum atomic E-state index is 12.4. The van der Waals surface area contributed by atoms with E-state index in [4.69, 9.17) is 19.6 Å². The molecule has 1 N–H and O–H groups in total. The van der Waals surface area contributed by atoms with Crippen LogP contribution in [-0.2, 0) is 9.53 Å². The van der Waals surface area contributed by atoms with E-state index in [9.17, 15) is 9.90 Å². The summed E-state index contributed by atoms with van der Waals surface area (Å²) >= 11 is 0. The molecule has 2 heterocycles. The van der Waals surface area contributed by atoms with Crippen molar-refractivity contribution in [2.75, 3.05) is 7.11 Å². The summed E-state index contributed by atoms with van der Waals surface area (Å²) in [5, 5.41) is 15.0. The lowest BCUT2D eigenvalue weighted by Gasteiger charge is -2.27. The normalized spacial score (nSPS) is 12.6. The second-order valence-corrected chi connectivity index (χ2v) is 8.77. The summed E-state index contributed by atoms with van der Waals surface area (Å²) < 4.78 is 13.3. The van der Waals surface area contributed by atoms with Crippen LogP contribution in [0.5, 0.6) is 5.75 Å². The Labute approximate surface area is 192 Å². The Bertz CT molecular complexity index is 1310. The fourth-order valence-corrected chi connectivity index (χ4v) is 3.88. The number of ether oxygens (including phenoxy) is 2. The molecule has 0 aliphatic rings. The van der Waals surface area contributed by atoms with Crippen LogP contribution in [0, 0.1) is 6.92 Å².